The standard InChI is InChI=1S/C25H34F3NO9/c1-14-19(30)18(36-16-10-8-15(9-11-16)25(26,27)28)13-34-12-17(20(31)35-14)29(21(32)37-23(2,3)4)22(33)38-24(5,6)7/h8-11,14,17-19,30H,12-13H2,1-7H3/t14-,17-,18-,19-/m0/s1. The lowest BCUT2D eigenvalue weighted by molar-refractivity contribution is -0.161. The second-order valence-electron chi connectivity index (χ2n) is 10.7. The van der Waals surface area contributed by atoms with Gasteiger partial charge in [-0.05, 0) is 72.7 Å². The minimum atomic E-state index is -4.54. The molecule has 214 valence electrons. The second-order valence-corrected chi connectivity index (χ2v) is 10.7. The van der Waals surface area contributed by atoms with E-state index in [0.29, 0.717) is 4.90 Å². The number of halogens is 3. The van der Waals surface area contributed by atoms with Crippen molar-refractivity contribution in [2.75, 3.05) is 13.2 Å². The fraction of sp³-hybridized carbons (Fsp3) is 0.640. The van der Waals surface area contributed by atoms with Crippen LogP contribution in [-0.4, -0.2) is 76.9 Å². The Kier molecular flexibility index (Phi) is 9.65. The Morgan fingerprint density at radius 3 is 1.89 bits per heavy atom. The molecule has 1 saturated heterocycles. The largest absolute Gasteiger partial charge is 0.485 e. The molecule has 0 aromatic heterocycles. The number of amides is 2. The van der Waals surface area contributed by atoms with Gasteiger partial charge in [0.2, 0.25) is 0 Å². The van der Waals surface area contributed by atoms with Gasteiger partial charge in [-0.15, -0.1) is 0 Å². The summed E-state index contributed by atoms with van der Waals surface area (Å²) in [5.74, 6) is -1.08. The third kappa shape index (κ3) is 9.05. The average molecular weight is 550 g/mol. The summed E-state index contributed by atoms with van der Waals surface area (Å²) in [6.07, 6.45) is -10.8. The van der Waals surface area contributed by atoms with Gasteiger partial charge in [0.15, 0.2) is 12.1 Å². The first-order valence-corrected chi connectivity index (χ1v) is 11.8. The van der Waals surface area contributed by atoms with Crippen molar-refractivity contribution in [3.63, 3.8) is 0 Å². The van der Waals surface area contributed by atoms with Gasteiger partial charge in [-0.3, -0.25) is 0 Å². The Bertz CT molecular complexity index is 956. The number of hydrogen-bond donors (Lipinski definition) is 1. The van der Waals surface area contributed by atoms with Crippen LogP contribution in [0.1, 0.15) is 54.0 Å². The monoisotopic (exact) mass is 549 g/mol. The summed E-state index contributed by atoms with van der Waals surface area (Å²) < 4.78 is 65.6. The number of carbonyl (C=O) groups is 3. The SMILES string of the molecule is C[C@@H]1OC(=O)[C@@H](N(C(=O)OC(C)(C)C)C(=O)OC(C)(C)C)COC[C@H](Oc2ccc(C(F)(F)F)cc2)[C@H]1O. The summed E-state index contributed by atoms with van der Waals surface area (Å²) in [5.41, 5.74) is -2.93. The van der Waals surface area contributed by atoms with E-state index in [-0.39, 0.29) is 12.4 Å². The molecule has 0 bridgehead atoms. The normalized spacial score (nSPS) is 23.3. The van der Waals surface area contributed by atoms with Crippen LogP contribution < -0.4 is 4.74 Å². The highest BCUT2D eigenvalue weighted by atomic mass is 19.4. The smallest absolute Gasteiger partial charge is 0.420 e. The van der Waals surface area contributed by atoms with Gasteiger partial charge in [0, 0.05) is 0 Å². The second kappa shape index (κ2) is 11.8. The zero-order valence-electron chi connectivity index (χ0n) is 22.3. The van der Waals surface area contributed by atoms with Crippen molar-refractivity contribution < 1.29 is 56.3 Å². The van der Waals surface area contributed by atoms with Gasteiger partial charge >= 0.3 is 24.3 Å². The van der Waals surface area contributed by atoms with Gasteiger partial charge < -0.3 is 28.8 Å². The maximum absolute atomic E-state index is 13.0. The molecule has 0 unspecified atom stereocenters. The van der Waals surface area contributed by atoms with Crippen LogP contribution in [0, 0.1) is 0 Å². The van der Waals surface area contributed by atoms with E-state index < -0.39 is 72.1 Å². The molecule has 0 radical (unpaired) electrons. The van der Waals surface area contributed by atoms with Gasteiger partial charge in [-0.1, -0.05) is 0 Å². The lowest BCUT2D eigenvalue weighted by Crippen LogP contribution is -2.54. The quantitative estimate of drug-likeness (QED) is 0.434. The average Bonchev–Trinajstić information content (AvgIpc) is 2.77. The Labute approximate surface area is 218 Å². The Hall–Kier alpha value is -3.06. The summed E-state index contributed by atoms with van der Waals surface area (Å²) in [5, 5.41) is 10.7. The Morgan fingerprint density at radius 2 is 1.45 bits per heavy atom. The number of hydrogen-bond acceptors (Lipinski definition) is 9. The highest BCUT2D eigenvalue weighted by molar-refractivity contribution is 5.94. The van der Waals surface area contributed by atoms with Gasteiger partial charge in [-0.25, -0.2) is 14.4 Å². The summed E-state index contributed by atoms with van der Waals surface area (Å²) in [7, 11) is 0. The van der Waals surface area contributed by atoms with E-state index >= 15 is 0 Å². The minimum absolute atomic E-state index is 0.00381. The van der Waals surface area contributed by atoms with Crippen LogP contribution in [0.25, 0.3) is 0 Å². The molecule has 0 saturated carbocycles. The first-order chi connectivity index (χ1) is 17.3. The molecule has 1 N–H and O–H groups in total. The van der Waals surface area contributed by atoms with Crippen molar-refractivity contribution in [2.24, 2.45) is 0 Å². The molecule has 38 heavy (non-hydrogen) atoms. The van der Waals surface area contributed by atoms with Crippen LogP contribution in [0.3, 0.4) is 0 Å². The molecule has 2 rings (SSSR count). The summed E-state index contributed by atoms with van der Waals surface area (Å²) in [4.78, 5) is 39.4. The van der Waals surface area contributed by atoms with Crippen molar-refractivity contribution in [1.29, 1.82) is 0 Å². The molecule has 13 heteroatoms. The molecule has 0 spiro atoms. The molecule has 1 aromatic carbocycles. The predicted octanol–water partition coefficient (Wildman–Crippen LogP) is 4.32. The van der Waals surface area contributed by atoms with Crippen LogP contribution >= 0.6 is 0 Å². The van der Waals surface area contributed by atoms with Crippen LogP contribution in [0.15, 0.2) is 24.3 Å². The molecule has 1 aromatic rings. The number of imide groups is 1. The van der Waals surface area contributed by atoms with Crippen LogP contribution in [-0.2, 0) is 29.9 Å². The van der Waals surface area contributed by atoms with Crippen molar-refractivity contribution in [3.05, 3.63) is 29.8 Å². The summed E-state index contributed by atoms with van der Waals surface area (Å²) in [6, 6.07) is 2.15. The molecule has 1 fully saturated rings. The molecule has 4 atom stereocenters. The number of aliphatic hydroxyl groups excluding tert-OH is 1. The number of nitrogens with zero attached hydrogens (tertiary/aromatic N) is 1. The minimum Gasteiger partial charge on any atom is -0.485 e. The third-order valence-electron chi connectivity index (χ3n) is 4.95. The van der Waals surface area contributed by atoms with Crippen molar-refractivity contribution in [2.45, 2.75) is 90.2 Å². The molecular weight excluding hydrogens is 515 g/mol. The van der Waals surface area contributed by atoms with E-state index in [1.165, 1.54) is 6.92 Å². The number of cyclic esters (lactones) is 1. The zero-order valence-corrected chi connectivity index (χ0v) is 22.3. The summed E-state index contributed by atoms with van der Waals surface area (Å²) >= 11 is 0. The van der Waals surface area contributed by atoms with E-state index in [1.54, 1.807) is 41.5 Å². The summed E-state index contributed by atoms with van der Waals surface area (Å²) in [6.45, 7) is 9.82. The van der Waals surface area contributed by atoms with E-state index in [9.17, 15) is 32.7 Å². The number of esters is 1. The Morgan fingerprint density at radius 1 is 0.947 bits per heavy atom. The Balaban J connectivity index is 2.29. The molecule has 1 aliphatic rings. The molecule has 10 nitrogen and oxygen atoms in total. The number of carbonyl (C=O) groups excluding carboxylic acids is 3. The number of benzene rings is 1. The maximum Gasteiger partial charge on any atom is 0.420 e. The van der Waals surface area contributed by atoms with Crippen molar-refractivity contribution in [3.8, 4) is 5.75 Å². The lowest BCUT2D eigenvalue weighted by atomic mass is 10.1. The van der Waals surface area contributed by atoms with Gasteiger partial charge in [0.1, 0.15) is 29.2 Å². The van der Waals surface area contributed by atoms with E-state index in [0.717, 1.165) is 24.3 Å². The van der Waals surface area contributed by atoms with Crippen LogP contribution in [0.4, 0.5) is 22.8 Å². The van der Waals surface area contributed by atoms with E-state index in [2.05, 4.69) is 0 Å². The lowest BCUT2D eigenvalue weighted by Gasteiger charge is -2.32. The highest BCUT2D eigenvalue weighted by Crippen LogP contribution is 2.31. The van der Waals surface area contributed by atoms with E-state index in [4.69, 9.17) is 23.7 Å². The number of alkyl halides is 3. The van der Waals surface area contributed by atoms with Crippen molar-refractivity contribution in [1.82, 2.24) is 4.90 Å². The first kappa shape index (κ1) is 31.2. The molecule has 1 aliphatic heterocycles. The number of rotatable bonds is 3. The fourth-order valence-corrected chi connectivity index (χ4v) is 3.23. The van der Waals surface area contributed by atoms with Gasteiger partial charge in [-0.2, -0.15) is 18.1 Å². The van der Waals surface area contributed by atoms with Crippen molar-refractivity contribution >= 4 is 18.2 Å². The highest BCUT2D eigenvalue weighted by Gasteiger charge is 2.44. The molecule has 0 aliphatic carbocycles. The number of ether oxygens (including phenoxy) is 5. The topological polar surface area (TPSA) is 121 Å². The van der Waals surface area contributed by atoms with Gasteiger partial charge in [0.25, 0.3) is 0 Å². The molecule has 2 amide bonds. The zero-order chi connectivity index (χ0) is 29.1. The van der Waals surface area contributed by atoms with E-state index in [1.807, 2.05) is 0 Å². The maximum atomic E-state index is 13.0. The third-order valence-corrected chi connectivity index (χ3v) is 4.95. The van der Waals surface area contributed by atoms with Crippen LogP contribution in [0.5, 0.6) is 5.75 Å². The molecular formula is C25H34F3NO9. The number of aliphatic hydroxyl groups is 1. The first-order valence-electron chi connectivity index (χ1n) is 11.8. The van der Waals surface area contributed by atoms with Crippen LogP contribution in [0.2, 0.25) is 0 Å². The van der Waals surface area contributed by atoms with Gasteiger partial charge in [0.05, 0.1) is 18.8 Å². The fourth-order valence-electron chi connectivity index (χ4n) is 3.23. The predicted molar refractivity (Wildman–Crippen MR) is 126 cm³/mol. The molecule has 1 heterocycles.